The van der Waals surface area contributed by atoms with Crippen molar-refractivity contribution in [2.45, 2.75) is 46.2 Å². The molecule has 0 saturated heterocycles. The van der Waals surface area contributed by atoms with E-state index >= 15 is 0 Å². The summed E-state index contributed by atoms with van der Waals surface area (Å²) in [6.45, 7) is 9.25. The molecule has 0 amide bonds. The Morgan fingerprint density at radius 3 is 2.37 bits per heavy atom. The van der Waals surface area contributed by atoms with Crippen LogP contribution < -0.4 is 0 Å². The summed E-state index contributed by atoms with van der Waals surface area (Å²) in [5.74, 6) is 1.62. The number of fused-ring (bicyclic) bond motifs is 1. The highest BCUT2D eigenvalue weighted by Crippen LogP contribution is 2.31. The van der Waals surface area contributed by atoms with Crippen LogP contribution in [0.3, 0.4) is 0 Å². The van der Waals surface area contributed by atoms with Crippen molar-refractivity contribution >= 4 is 45.9 Å². The Kier molecular flexibility index (Phi) is 6.33. The molecular weight excluding hydrogens is 385 g/mol. The van der Waals surface area contributed by atoms with E-state index in [2.05, 4.69) is 18.8 Å². The average molecular weight is 410 g/mol. The third-order valence-corrected chi connectivity index (χ3v) is 5.25. The molecule has 0 unspecified atom stereocenters. The highest BCUT2D eigenvalue weighted by atomic mass is 35.5. The Labute approximate surface area is 169 Å². The lowest BCUT2D eigenvalue weighted by Gasteiger charge is -2.28. The SMILES string of the molecule is CCOC1=N[C@H](Cc2c[nH]c3cc(Cl)c(Cl)cc23)C(OCC)=N[C@H]1C(C)C. The van der Waals surface area contributed by atoms with E-state index in [-0.39, 0.29) is 18.0 Å². The van der Waals surface area contributed by atoms with Crippen molar-refractivity contribution in [2.75, 3.05) is 13.2 Å². The number of H-pyrrole nitrogens is 1. The minimum Gasteiger partial charge on any atom is -0.480 e. The molecule has 1 aromatic heterocycles. The van der Waals surface area contributed by atoms with Crippen LogP contribution in [0.5, 0.6) is 0 Å². The molecule has 0 spiro atoms. The van der Waals surface area contributed by atoms with Gasteiger partial charge in [-0.2, -0.15) is 0 Å². The molecule has 0 fully saturated rings. The molecule has 146 valence electrons. The first-order valence-corrected chi connectivity index (χ1v) is 10.1. The van der Waals surface area contributed by atoms with Gasteiger partial charge < -0.3 is 14.5 Å². The van der Waals surface area contributed by atoms with Crippen LogP contribution in [-0.2, 0) is 15.9 Å². The molecule has 0 bridgehead atoms. The smallest absolute Gasteiger partial charge is 0.210 e. The standard InChI is InChI=1S/C20H25Cl2N3O2/c1-5-26-19-17(24-20(27-6-2)18(25-19)11(3)4)7-12-10-23-16-9-15(22)14(21)8-13(12)16/h8-11,17-18,23H,5-7H2,1-4H3/t17-,18+/m1/s1. The third kappa shape index (κ3) is 4.25. The van der Waals surface area contributed by atoms with Crippen molar-refractivity contribution in [3.05, 3.63) is 33.9 Å². The molecule has 2 aromatic rings. The van der Waals surface area contributed by atoms with Crippen molar-refractivity contribution < 1.29 is 9.47 Å². The second-order valence-electron chi connectivity index (χ2n) is 6.84. The van der Waals surface area contributed by atoms with Crippen LogP contribution in [0.15, 0.2) is 28.3 Å². The number of benzene rings is 1. The fourth-order valence-corrected chi connectivity index (χ4v) is 3.56. The number of nitrogens with one attached hydrogen (secondary N) is 1. The fraction of sp³-hybridized carbons (Fsp3) is 0.500. The Morgan fingerprint density at radius 2 is 1.70 bits per heavy atom. The van der Waals surface area contributed by atoms with E-state index in [9.17, 15) is 0 Å². The Morgan fingerprint density at radius 1 is 1.04 bits per heavy atom. The van der Waals surface area contributed by atoms with Crippen LogP contribution in [-0.4, -0.2) is 42.1 Å². The van der Waals surface area contributed by atoms with Crippen LogP contribution >= 0.6 is 23.2 Å². The molecule has 1 aromatic carbocycles. The average Bonchev–Trinajstić information content (AvgIpc) is 2.99. The van der Waals surface area contributed by atoms with Crippen molar-refractivity contribution in [1.82, 2.24) is 4.98 Å². The van der Waals surface area contributed by atoms with E-state index in [1.807, 2.05) is 32.2 Å². The predicted octanol–water partition coefficient (Wildman–Crippen LogP) is 5.29. The highest BCUT2D eigenvalue weighted by Gasteiger charge is 2.32. The van der Waals surface area contributed by atoms with E-state index in [0.717, 1.165) is 16.5 Å². The van der Waals surface area contributed by atoms with E-state index in [1.165, 1.54) is 0 Å². The molecule has 0 saturated carbocycles. The van der Waals surface area contributed by atoms with E-state index < -0.39 is 0 Å². The molecule has 27 heavy (non-hydrogen) atoms. The zero-order valence-electron chi connectivity index (χ0n) is 16.1. The van der Waals surface area contributed by atoms with Gasteiger partial charge in [0.15, 0.2) is 0 Å². The maximum Gasteiger partial charge on any atom is 0.210 e. The largest absolute Gasteiger partial charge is 0.480 e. The van der Waals surface area contributed by atoms with Gasteiger partial charge in [0, 0.05) is 23.5 Å². The number of hydrogen-bond acceptors (Lipinski definition) is 4. The molecule has 0 aliphatic carbocycles. The van der Waals surface area contributed by atoms with Crippen LogP contribution in [0, 0.1) is 5.92 Å². The van der Waals surface area contributed by atoms with Gasteiger partial charge in [0.05, 0.1) is 23.3 Å². The fourth-order valence-electron chi connectivity index (χ4n) is 3.23. The van der Waals surface area contributed by atoms with Gasteiger partial charge in [-0.1, -0.05) is 37.0 Å². The van der Waals surface area contributed by atoms with Gasteiger partial charge in [-0.3, -0.25) is 0 Å². The summed E-state index contributed by atoms with van der Waals surface area (Å²) in [5.41, 5.74) is 2.03. The summed E-state index contributed by atoms with van der Waals surface area (Å²) < 4.78 is 11.6. The van der Waals surface area contributed by atoms with Crippen LogP contribution in [0.2, 0.25) is 10.0 Å². The number of aromatic amines is 1. The van der Waals surface area contributed by atoms with Crippen molar-refractivity contribution in [3.63, 3.8) is 0 Å². The lowest BCUT2D eigenvalue weighted by molar-refractivity contribution is 0.276. The Bertz CT molecular complexity index is 873. The lowest BCUT2D eigenvalue weighted by Crippen LogP contribution is -2.39. The van der Waals surface area contributed by atoms with Gasteiger partial charge in [0.25, 0.3) is 0 Å². The molecular formula is C20H25Cl2N3O2. The Balaban J connectivity index is 1.96. The summed E-state index contributed by atoms with van der Waals surface area (Å²) in [6.07, 6.45) is 2.60. The van der Waals surface area contributed by atoms with Crippen LogP contribution in [0.1, 0.15) is 33.3 Å². The summed E-state index contributed by atoms with van der Waals surface area (Å²) in [7, 11) is 0. The number of aromatic nitrogens is 1. The van der Waals surface area contributed by atoms with Gasteiger partial charge in [0.1, 0.15) is 12.1 Å². The zero-order chi connectivity index (χ0) is 19.6. The first-order chi connectivity index (χ1) is 12.9. The van der Waals surface area contributed by atoms with Crippen molar-refractivity contribution in [1.29, 1.82) is 0 Å². The first-order valence-electron chi connectivity index (χ1n) is 9.30. The summed E-state index contributed by atoms with van der Waals surface area (Å²) >= 11 is 12.3. The van der Waals surface area contributed by atoms with Crippen molar-refractivity contribution in [3.8, 4) is 0 Å². The minimum absolute atomic E-state index is 0.112. The third-order valence-electron chi connectivity index (χ3n) is 4.52. The number of hydrogen-bond donors (Lipinski definition) is 1. The zero-order valence-corrected chi connectivity index (χ0v) is 17.6. The molecule has 0 radical (unpaired) electrons. The molecule has 2 atom stereocenters. The van der Waals surface area contributed by atoms with Crippen molar-refractivity contribution in [2.24, 2.45) is 15.9 Å². The first kappa shape index (κ1) is 20.0. The molecule has 5 nitrogen and oxygen atoms in total. The number of halogens is 2. The molecule has 1 N–H and O–H groups in total. The molecule has 1 aliphatic rings. The molecule has 2 heterocycles. The van der Waals surface area contributed by atoms with Gasteiger partial charge in [-0.25, -0.2) is 9.98 Å². The number of ether oxygens (including phenoxy) is 2. The van der Waals surface area contributed by atoms with E-state index in [1.54, 1.807) is 0 Å². The predicted molar refractivity (Wildman–Crippen MR) is 113 cm³/mol. The second-order valence-corrected chi connectivity index (χ2v) is 7.65. The van der Waals surface area contributed by atoms with Gasteiger partial charge in [0.2, 0.25) is 11.8 Å². The van der Waals surface area contributed by atoms with Gasteiger partial charge in [-0.05, 0) is 37.5 Å². The van der Waals surface area contributed by atoms with Crippen LogP contribution in [0.4, 0.5) is 0 Å². The quantitative estimate of drug-likeness (QED) is 0.728. The van der Waals surface area contributed by atoms with Gasteiger partial charge >= 0.3 is 0 Å². The second kappa shape index (κ2) is 8.53. The lowest BCUT2D eigenvalue weighted by atomic mass is 10.00. The monoisotopic (exact) mass is 409 g/mol. The minimum atomic E-state index is -0.227. The van der Waals surface area contributed by atoms with Crippen LogP contribution in [0.25, 0.3) is 10.9 Å². The molecule has 7 heteroatoms. The maximum atomic E-state index is 6.21. The van der Waals surface area contributed by atoms with E-state index in [4.69, 9.17) is 42.7 Å². The summed E-state index contributed by atoms with van der Waals surface area (Å²) in [6, 6.07) is 3.38. The highest BCUT2D eigenvalue weighted by molar-refractivity contribution is 6.42. The normalized spacial score (nSPS) is 20.0. The van der Waals surface area contributed by atoms with Gasteiger partial charge in [-0.15, -0.1) is 0 Å². The summed E-state index contributed by atoms with van der Waals surface area (Å²) in [5, 5.41) is 2.09. The number of rotatable bonds is 5. The molecule has 3 rings (SSSR count). The summed E-state index contributed by atoms with van der Waals surface area (Å²) in [4.78, 5) is 12.9. The molecule has 1 aliphatic heterocycles. The maximum absolute atomic E-state index is 6.21. The topological polar surface area (TPSA) is 59.0 Å². The Hall–Kier alpha value is -1.72. The van der Waals surface area contributed by atoms with E-state index in [0.29, 0.717) is 41.5 Å². The number of aliphatic imine (C=N–C) groups is 2. The number of nitrogens with zero attached hydrogens (tertiary/aromatic N) is 2.